The Labute approximate surface area is 229 Å². The highest BCUT2D eigenvalue weighted by Crippen LogP contribution is 2.25. The summed E-state index contributed by atoms with van der Waals surface area (Å²) in [5.74, 6) is -0.860. The summed E-state index contributed by atoms with van der Waals surface area (Å²) >= 11 is 0. The number of amides is 2. The monoisotopic (exact) mass is 555 g/mol. The number of sulfonamides is 1. The van der Waals surface area contributed by atoms with Crippen LogP contribution in [0.4, 0.5) is 10.1 Å². The van der Waals surface area contributed by atoms with Crippen molar-refractivity contribution in [2.75, 3.05) is 18.0 Å². The fourth-order valence-electron chi connectivity index (χ4n) is 3.83. The summed E-state index contributed by atoms with van der Waals surface area (Å²) in [5.41, 5.74) is 0.848. The van der Waals surface area contributed by atoms with Crippen molar-refractivity contribution in [3.63, 3.8) is 0 Å². The molecule has 0 aromatic heterocycles. The lowest BCUT2D eigenvalue weighted by atomic mass is 10.1. The minimum atomic E-state index is -4.20. The van der Waals surface area contributed by atoms with Crippen LogP contribution in [0.3, 0.4) is 0 Å². The van der Waals surface area contributed by atoms with E-state index in [1.807, 2.05) is 13.8 Å². The Balaban J connectivity index is 2.00. The second kappa shape index (κ2) is 13.2. The summed E-state index contributed by atoms with van der Waals surface area (Å²) in [6.45, 7) is 4.86. The quantitative estimate of drug-likeness (QED) is 0.358. The van der Waals surface area contributed by atoms with Crippen LogP contribution < -0.4 is 14.4 Å². The summed E-state index contributed by atoms with van der Waals surface area (Å²) < 4.78 is 47.2. The molecule has 0 unspecified atom stereocenters. The Morgan fingerprint density at radius 3 is 2.13 bits per heavy atom. The minimum absolute atomic E-state index is 0.0219. The van der Waals surface area contributed by atoms with Gasteiger partial charge < -0.3 is 15.0 Å². The van der Waals surface area contributed by atoms with Gasteiger partial charge in [0.25, 0.3) is 10.0 Å². The topological polar surface area (TPSA) is 96.0 Å². The van der Waals surface area contributed by atoms with Crippen LogP contribution in [-0.4, -0.2) is 50.9 Å². The van der Waals surface area contributed by atoms with E-state index in [0.717, 1.165) is 22.0 Å². The van der Waals surface area contributed by atoms with E-state index in [-0.39, 0.29) is 29.1 Å². The Morgan fingerprint density at radius 1 is 0.949 bits per heavy atom. The number of carbonyl (C=O) groups excluding carboxylic acids is 2. The molecule has 3 aromatic carbocycles. The van der Waals surface area contributed by atoms with Gasteiger partial charge in [-0.05, 0) is 74.4 Å². The molecular weight excluding hydrogens is 521 g/mol. The van der Waals surface area contributed by atoms with Crippen molar-refractivity contribution in [3.8, 4) is 5.75 Å². The highest BCUT2D eigenvalue weighted by molar-refractivity contribution is 7.92. The Kier molecular flexibility index (Phi) is 10.1. The van der Waals surface area contributed by atoms with Crippen LogP contribution in [-0.2, 0) is 26.2 Å². The first-order valence-electron chi connectivity index (χ1n) is 12.6. The number of rotatable bonds is 12. The van der Waals surface area contributed by atoms with Crippen LogP contribution in [0.25, 0.3) is 0 Å². The lowest BCUT2D eigenvalue weighted by Crippen LogP contribution is -2.52. The van der Waals surface area contributed by atoms with E-state index in [9.17, 15) is 22.4 Å². The predicted molar refractivity (Wildman–Crippen MR) is 148 cm³/mol. The molecule has 3 aromatic rings. The van der Waals surface area contributed by atoms with Gasteiger partial charge in [0, 0.05) is 12.6 Å². The maximum Gasteiger partial charge on any atom is 0.264 e. The van der Waals surface area contributed by atoms with Crippen molar-refractivity contribution >= 4 is 27.5 Å². The molecule has 0 spiro atoms. The van der Waals surface area contributed by atoms with Crippen LogP contribution in [0.5, 0.6) is 5.75 Å². The van der Waals surface area contributed by atoms with Crippen molar-refractivity contribution in [2.24, 2.45) is 0 Å². The van der Waals surface area contributed by atoms with E-state index < -0.39 is 34.3 Å². The predicted octanol–water partition coefficient (Wildman–Crippen LogP) is 4.36. The summed E-state index contributed by atoms with van der Waals surface area (Å²) in [4.78, 5) is 28.2. The molecule has 0 bridgehead atoms. The smallest absolute Gasteiger partial charge is 0.264 e. The van der Waals surface area contributed by atoms with Crippen molar-refractivity contribution in [3.05, 3.63) is 90.2 Å². The largest absolute Gasteiger partial charge is 0.497 e. The third kappa shape index (κ3) is 7.57. The molecule has 0 aliphatic rings. The Morgan fingerprint density at radius 2 is 1.56 bits per heavy atom. The van der Waals surface area contributed by atoms with Crippen LogP contribution >= 0.6 is 0 Å². The molecule has 1 N–H and O–H groups in total. The maximum atomic E-state index is 13.8. The third-order valence-corrected chi connectivity index (χ3v) is 8.19. The summed E-state index contributed by atoms with van der Waals surface area (Å²) in [6.07, 6.45) is 0.707. The second-order valence-corrected chi connectivity index (χ2v) is 11.0. The Hall–Kier alpha value is -3.92. The molecule has 0 aliphatic carbocycles. The van der Waals surface area contributed by atoms with Crippen molar-refractivity contribution in [1.29, 1.82) is 0 Å². The fourth-order valence-corrected chi connectivity index (χ4v) is 5.27. The zero-order valence-electron chi connectivity index (χ0n) is 22.5. The maximum absolute atomic E-state index is 13.8. The van der Waals surface area contributed by atoms with E-state index in [1.54, 1.807) is 56.5 Å². The molecule has 2 atom stereocenters. The Bertz CT molecular complexity index is 1350. The van der Waals surface area contributed by atoms with E-state index in [1.165, 1.54) is 29.2 Å². The average Bonchev–Trinajstić information content (AvgIpc) is 2.95. The van der Waals surface area contributed by atoms with Gasteiger partial charge in [0.1, 0.15) is 24.2 Å². The molecule has 39 heavy (non-hydrogen) atoms. The van der Waals surface area contributed by atoms with Crippen molar-refractivity contribution in [1.82, 2.24) is 10.2 Å². The minimum Gasteiger partial charge on any atom is -0.497 e. The van der Waals surface area contributed by atoms with Crippen molar-refractivity contribution < 1.29 is 27.1 Å². The van der Waals surface area contributed by atoms with Gasteiger partial charge in [-0.25, -0.2) is 12.8 Å². The first-order chi connectivity index (χ1) is 18.6. The molecule has 208 valence electrons. The van der Waals surface area contributed by atoms with Gasteiger partial charge in [0.2, 0.25) is 11.8 Å². The molecule has 0 saturated heterocycles. The number of carbonyl (C=O) groups is 2. The number of benzene rings is 3. The highest BCUT2D eigenvalue weighted by Gasteiger charge is 2.32. The van der Waals surface area contributed by atoms with E-state index in [2.05, 4.69) is 5.32 Å². The molecule has 0 fully saturated rings. The van der Waals surface area contributed by atoms with Crippen LogP contribution in [0, 0.1) is 5.82 Å². The zero-order chi connectivity index (χ0) is 28.6. The summed E-state index contributed by atoms with van der Waals surface area (Å²) in [7, 11) is -2.66. The number of nitrogens with zero attached hydrogens (tertiary/aromatic N) is 2. The number of halogens is 1. The van der Waals surface area contributed by atoms with Gasteiger partial charge in [-0.1, -0.05) is 37.3 Å². The summed E-state index contributed by atoms with van der Waals surface area (Å²) in [6, 6.07) is 18.6. The van der Waals surface area contributed by atoms with E-state index in [4.69, 9.17) is 4.74 Å². The molecule has 0 saturated carbocycles. The highest BCUT2D eigenvalue weighted by atomic mass is 32.2. The molecule has 0 radical (unpaired) electrons. The van der Waals surface area contributed by atoms with Crippen LogP contribution in [0.1, 0.15) is 32.8 Å². The number of nitrogens with one attached hydrogen (secondary N) is 1. The molecule has 2 amide bonds. The molecular formula is C29H34FN3O5S. The van der Waals surface area contributed by atoms with Gasteiger partial charge in [-0.15, -0.1) is 0 Å². The zero-order valence-corrected chi connectivity index (χ0v) is 23.3. The normalized spacial score (nSPS) is 12.7. The second-order valence-electron chi connectivity index (χ2n) is 9.16. The fraction of sp³-hybridized carbons (Fsp3) is 0.310. The number of hydrogen-bond donors (Lipinski definition) is 1. The number of ether oxygens (including phenoxy) is 1. The first kappa shape index (κ1) is 29.6. The molecule has 10 heteroatoms. The van der Waals surface area contributed by atoms with Crippen LogP contribution in [0.15, 0.2) is 83.8 Å². The van der Waals surface area contributed by atoms with Gasteiger partial charge in [0.05, 0.1) is 17.7 Å². The molecule has 8 nitrogen and oxygen atoms in total. The van der Waals surface area contributed by atoms with Crippen LogP contribution in [0.2, 0.25) is 0 Å². The van der Waals surface area contributed by atoms with Crippen molar-refractivity contribution in [2.45, 2.75) is 50.7 Å². The van der Waals surface area contributed by atoms with E-state index >= 15 is 0 Å². The molecule has 0 aliphatic heterocycles. The lowest BCUT2D eigenvalue weighted by molar-refractivity contribution is -0.139. The standard InChI is InChI=1S/C29H34FN3O5S/c1-5-21(2)31-29(35)22(3)32(19-23-11-17-26(38-4)18-12-23)28(34)20-33(25-15-13-24(30)14-16-25)39(36,37)27-9-7-6-8-10-27/h6-18,21-22H,5,19-20H2,1-4H3,(H,31,35)/t21-,22-/m0/s1. The van der Waals surface area contributed by atoms with Gasteiger partial charge in [0.15, 0.2) is 0 Å². The molecule has 0 heterocycles. The number of hydrogen-bond acceptors (Lipinski definition) is 5. The average molecular weight is 556 g/mol. The van der Waals surface area contributed by atoms with Gasteiger partial charge >= 0.3 is 0 Å². The number of anilines is 1. The third-order valence-electron chi connectivity index (χ3n) is 6.40. The molecule has 3 rings (SSSR count). The summed E-state index contributed by atoms with van der Waals surface area (Å²) in [5, 5.41) is 2.89. The van der Waals surface area contributed by atoms with E-state index in [0.29, 0.717) is 12.2 Å². The van der Waals surface area contributed by atoms with Gasteiger partial charge in [-0.3, -0.25) is 13.9 Å². The van der Waals surface area contributed by atoms with Gasteiger partial charge in [-0.2, -0.15) is 0 Å². The number of methoxy groups -OCH3 is 1. The SMILES string of the molecule is CC[C@H](C)NC(=O)[C@H](C)N(Cc1ccc(OC)cc1)C(=O)CN(c1ccc(F)cc1)S(=O)(=O)c1ccccc1. The lowest BCUT2D eigenvalue weighted by Gasteiger charge is -2.32. The first-order valence-corrected chi connectivity index (χ1v) is 14.1.